The zero-order valence-corrected chi connectivity index (χ0v) is 20.5. The first-order valence-electron chi connectivity index (χ1n) is 11.3. The zero-order chi connectivity index (χ0) is 23.3. The molecule has 0 radical (unpaired) electrons. The average Bonchev–Trinajstić information content (AvgIpc) is 2.81. The summed E-state index contributed by atoms with van der Waals surface area (Å²) >= 11 is 1.74. The van der Waals surface area contributed by atoms with Crippen LogP contribution in [-0.2, 0) is 21.9 Å². The topological polar surface area (TPSA) is 58.6 Å². The van der Waals surface area contributed by atoms with Gasteiger partial charge < -0.3 is 15.0 Å². The molecule has 0 aromatic heterocycles. The number of hydrogen-bond acceptors (Lipinski definition) is 4. The molecule has 2 aromatic carbocycles. The van der Waals surface area contributed by atoms with Gasteiger partial charge in [-0.2, -0.15) is 11.8 Å². The number of thioether (sulfide) groups is 1. The van der Waals surface area contributed by atoms with Crippen molar-refractivity contribution in [3.8, 4) is 5.75 Å². The van der Waals surface area contributed by atoms with E-state index in [0.717, 1.165) is 17.1 Å². The Labute approximate surface area is 196 Å². The summed E-state index contributed by atoms with van der Waals surface area (Å²) in [5, 5.41) is 3.00. The van der Waals surface area contributed by atoms with Crippen LogP contribution in [0.1, 0.15) is 44.7 Å². The fourth-order valence-electron chi connectivity index (χ4n) is 3.38. The Hall–Kier alpha value is -2.47. The van der Waals surface area contributed by atoms with E-state index in [9.17, 15) is 9.59 Å². The first kappa shape index (κ1) is 25.8. The van der Waals surface area contributed by atoms with Gasteiger partial charge in [0.2, 0.25) is 11.8 Å². The van der Waals surface area contributed by atoms with Gasteiger partial charge in [0.15, 0.2) is 0 Å². The van der Waals surface area contributed by atoms with Crippen LogP contribution < -0.4 is 10.1 Å². The summed E-state index contributed by atoms with van der Waals surface area (Å²) in [5.74, 6) is 2.59. The molecule has 0 saturated carbocycles. The second kappa shape index (κ2) is 13.8. The average molecular weight is 457 g/mol. The second-order valence-corrected chi connectivity index (χ2v) is 9.33. The molecule has 32 heavy (non-hydrogen) atoms. The Bertz CT molecular complexity index is 842. The number of amides is 2. The fourth-order valence-corrected chi connectivity index (χ4v) is 4.27. The largest absolute Gasteiger partial charge is 0.497 e. The van der Waals surface area contributed by atoms with Gasteiger partial charge in [0.25, 0.3) is 0 Å². The maximum Gasteiger partial charge on any atom is 0.242 e. The van der Waals surface area contributed by atoms with E-state index in [2.05, 4.69) is 31.3 Å². The lowest BCUT2D eigenvalue weighted by Crippen LogP contribution is -2.49. The quantitative estimate of drug-likeness (QED) is 0.436. The van der Waals surface area contributed by atoms with Crippen molar-refractivity contribution < 1.29 is 14.3 Å². The summed E-state index contributed by atoms with van der Waals surface area (Å²) in [5.41, 5.74) is 2.20. The molecule has 0 spiro atoms. The summed E-state index contributed by atoms with van der Waals surface area (Å²) in [6.45, 7) is 7.06. The van der Waals surface area contributed by atoms with E-state index in [0.29, 0.717) is 37.6 Å². The number of nitrogens with one attached hydrogen (secondary N) is 1. The number of ether oxygens (including phenoxy) is 1. The number of hydrogen-bond donors (Lipinski definition) is 1. The highest BCUT2D eigenvalue weighted by atomic mass is 32.2. The van der Waals surface area contributed by atoms with Crippen molar-refractivity contribution in [2.24, 2.45) is 5.92 Å². The molecule has 5 nitrogen and oxygen atoms in total. The molecule has 1 unspecified atom stereocenters. The molecule has 2 amide bonds. The van der Waals surface area contributed by atoms with E-state index < -0.39 is 6.04 Å². The third-order valence-corrected chi connectivity index (χ3v) is 6.16. The normalized spacial score (nSPS) is 11.8. The number of methoxy groups -OCH3 is 1. The van der Waals surface area contributed by atoms with Crippen LogP contribution in [-0.4, -0.2) is 42.2 Å². The number of rotatable bonds is 13. The van der Waals surface area contributed by atoms with Gasteiger partial charge >= 0.3 is 0 Å². The van der Waals surface area contributed by atoms with Crippen molar-refractivity contribution in [3.63, 3.8) is 0 Å². The summed E-state index contributed by atoms with van der Waals surface area (Å²) < 4.78 is 5.33. The first-order chi connectivity index (χ1) is 15.4. The van der Waals surface area contributed by atoms with Crippen LogP contribution in [0, 0.1) is 5.92 Å². The van der Waals surface area contributed by atoms with Crippen LogP contribution in [0.4, 0.5) is 0 Å². The van der Waals surface area contributed by atoms with Crippen molar-refractivity contribution >= 4 is 23.6 Å². The Morgan fingerprint density at radius 2 is 1.78 bits per heavy atom. The summed E-state index contributed by atoms with van der Waals surface area (Å²) in [4.78, 5) is 27.9. The highest BCUT2D eigenvalue weighted by Gasteiger charge is 2.28. The number of carbonyl (C=O) groups is 2. The van der Waals surface area contributed by atoms with E-state index in [1.54, 1.807) is 23.8 Å². The summed E-state index contributed by atoms with van der Waals surface area (Å²) in [7, 11) is 1.63. The second-order valence-electron chi connectivity index (χ2n) is 8.22. The van der Waals surface area contributed by atoms with Gasteiger partial charge in [0.05, 0.1) is 7.11 Å². The number of nitrogens with zero attached hydrogens (tertiary/aromatic N) is 1. The molecule has 0 fully saturated rings. The lowest BCUT2D eigenvalue weighted by atomic mass is 10.1. The smallest absolute Gasteiger partial charge is 0.242 e. The van der Waals surface area contributed by atoms with Gasteiger partial charge in [-0.3, -0.25) is 9.59 Å². The molecular weight excluding hydrogens is 420 g/mol. The van der Waals surface area contributed by atoms with Crippen molar-refractivity contribution in [1.82, 2.24) is 10.2 Å². The van der Waals surface area contributed by atoms with E-state index in [1.807, 2.05) is 49.4 Å². The molecule has 0 aliphatic carbocycles. The maximum absolute atomic E-state index is 13.3. The SMILES string of the molecule is CCC(C(=O)NCC(C)C)N(Cc1cccc(OC)c1)C(=O)CCSCc1ccccc1. The van der Waals surface area contributed by atoms with Gasteiger partial charge in [-0.1, -0.05) is 63.2 Å². The minimum absolute atomic E-state index is 0.0000662. The third kappa shape index (κ3) is 8.58. The Balaban J connectivity index is 2.08. The van der Waals surface area contributed by atoms with Crippen molar-refractivity contribution in [1.29, 1.82) is 0 Å². The first-order valence-corrected chi connectivity index (χ1v) is 12.4. The zero-order valence-electron chi connectivity index (χ0n) is 19.7. The van der Waals surface area contributed by atoms with Crippen LogP contribution in [0.5, 0.6) is 5.75 Å². The minimum atomic E-state index is -0.494. The summed E-state index contributed by atoms with van der Waals surface area (Å²) in [6, 6.07) is 17.4. The van der Waals surface area contributed by atoms with E-state index >= 15 is 0 Å². The molecular formula is C26H36N2O3S. The van der Waals surface area contributed by atoms with Crippen LogP contribution in [0.3, 0.4) is 0 Å². The van der Waals surface area contributed by atoms with Crippen LogP contribution in [0.2, 0.25) is 0 Å². The van der Waals surface area contributed by atoms with Gasteiger partial charge in [-0.15, -0.1) is 0 Å². The summed E-state index contributed by atoms with van der Waals surface area (Å²) in [6.07, 6.45) is 0.965. The fraction of sp³-hybridized carbons (Fsp3) is 0.462. The Morgan fingerprint density at radius 3 is 2.44 bits per heavy atom. The molecule has 0 heterocycles. The molecule has 6 heteroatoms. The van der Waals surface area contributed by atoms with Gasteiger partial charge in [0.1, 0.15) is 11.8 Å². The molecule has 0 saturated heterocycles. The molecule has 1 atom stereocenters. The molecule has 0 bridgehead atoms. The molecule has 2 aromatic rings. The van der Waals surface area contributed by atoms with Gasteiger partial charge in [-0.25, -0.2) is 0 Å². The van der Waals surface area contributed by atoms with E-state index in [1.165, 1.54) is 5.56 Å². The van der Waals surface area contributed by atoms with Gasteiger partial charge in [0, 0.05) is 31.0 Å². The predicted molar refractivity (Wildman–Crippen MR) is 133 cm³/mol. The van der Waals surface area contributed by atoms with E-state index in [-0.39, 0.29) is 11.8 Å². The predicted octanol–water partition coefficient (Wildman–Crippen LogP) is 4.90. The third-order valence-electron chi connectivity index (χ3n) is 5.13. The minimum Gasteiger partial charge on any atom is -0.497 e. The monoisotopic (exact) mass is 456 g/mol. The number of benzene rings is 2. The number of carbonyl (C=O) groups excluding carboxylic acids is 2. The molecule has 0 aliphatic rings. The van der Waals surface area contributed by atoms with Crippen LogP contribution in [0.25, 0.3) is 0 Å². The lowest BCUT2D eigenvalue weighted by molar-refractivity contribution is -0.141. The van der Waals surface area contributed by atoms with Crippen LogP contribution in [0.15, 0.2) is 54.6 Å². The maximum atomic E-state index is 13.3. The van der Waals surface area contributed by atoms with Crippen LogP contribution >= 0.6 is 11.8 Å². The Morgan fingerprint density at radius 1 is 1.06 bits per heavy atom. The van der Waals surface area contributed by atoms with Crippen molar-refractivity contribution in [2.75, 3.05) is 19.4 Å². The van der Waals surface area contributed by atoms with Crippen molar-refractivity contribution in [2.45, 2.75) is 52.0 Å². The highest BCUT2D eigenvalue weighted by molar-refractivity contribution is 7.98. The molecule has 0 aliphatic heterocycles. The molecule has 174 valence electrons. The standard InChI is InChI=1S/C26H36N2O3S/c1-5-24(26(30)27-17-20(2)3)28(18-22-12-9-13-23(16-22)31-4)25(29)14-15-32-19-21-10-7-6-8-11-21/h6-13,16,20,24H,5,14-15,17-19H2,1-4H3,(H,27,30). The highest BCUT2D eigenvalue weighted by Crippen LogP contribution is 2.19. The Kier molecular flexibility index (Phi) is 11.2. The van der Waals surface area contributed by atoms with Crippen molar-refractivity contribution in [3.05, 3.63) is 65.7 Å². The van der Waals surface area contributed by atoms with Gasteiger partial charge in [-0.05, 0) is 35.6 Å². The lowest BCUT2D eigenvalue weighted by Gasteiger charge is -2.31. The molecule has 1 N–H and O–H groups in total. The molecule has 2 rings (SSSR count). The van der Waals surface area contributed by atoms with E-state index in [4.69, 9.17) is 4.74 Å².